The number of carbonyl (C=O) groups is 2. The molecule has 0 amide bonds. The van der Waals surface area contributed by atoms with Crippen LogP contribution in [0.1, 0.15) is 157 Å². The number of hydrogen-bond donors (Lipinski definition) is 2. The summed E-state index contributed by atoms with van der Waals surface area (Å²) < 4.78 is 0. The van der Waals surface area contributed by atoms with E-state index in [1.165, 1.54) is 25.3 Å². The zero-order chi connectivity index (χ0) is 30.5. The van der Waals surface area contributed by atoms with Gasteiger partial charge in [0, 0.05) is 22.2 Å². The molecule has 3 aliphatic rings. The summed E-state index contributed by atoms with van der Waals surface area (Å²) in [6.45, 7) is 17.3. The molecule has 8 nitrogen and oxygen atoms in total. The van der Waals surface area contributed by atoms with Gasteiger partial charge in [0.1, 0.15) is 0 Å². The van der Waals surface area contributed by atoms with Crippen molar-refractivity contribution in [1.82, 2.24) is 10.1 Å². The first kappa shape index (κ1) is 31.9. The van der Waals surface area contributed by atoms with Gasteiger partial charge in [0.05, 0.1) is 24.3 Å². The van der Waals surface area contributed by atoms with Crippen molar-refractivity contribution in [3.63, 3.8) is 0 Å². The van der Waals surface area contributed by atoms with E-state index in [2.05, 4.69) is 60.5 Å². The monoisotopic (exact) mass is 572 g/mol. The molecule has 1 aliphatic carbocycles. The van der Waals surface area contributed by atoms with Crippen LogP contribution in [-0.4, -0.2) is 67.6 Å². The summed E-state index contributed by atoms with van der Waals surface area (Å²) in [4.78, 5) is 37.7. The molecule has 1 aromatic rings. The Bertz CT molecular complexity index is 1110. The lowest BCUT2D eigenvalue weighted by atomic mass is 9.66. The van der Waals surface area contributed by atoms with E-state index in [1.807, 2.05) is 11.1 Å². The summed E-state index contributed by atoms with van der Waals surface area (Å²) in [6.07, 6.45) is 8.94. The van der Waals surface area contributed by atoms with Crippen LogP contribution in [0.5, 0.6) is 0 Å². The quantitative estimate of drug-likeness (QED) is 0.349. The molecule has 0 spiro atoms. The fourth-order valence-electron chi connectivity index (χ4n) is 8.89. The first-order valence-electron chi connectivity index (χ1n) is 15.4. The van der Waals surface area contributed by atoms with Gasteiger partial charge in [-0.25, -0.2) is 9.59 Å². The van der Waals surface area contributed by atoms with Crippen molar-refractivity contribution in [1.29, 1.82) is 0 Å². The molecule has 2 saturated heterocycles. The molecule has 2 N–H and O–H groups in total. The highest BCUT2D eigenvalue weighted by molar-refractivity contribution is 6.03. The fourth-order valence-corrected chi connectivity index (χ4v) is 8.89. The van der Waals surface area contributed by atoms with E-state index in [0.717, 1.165) is 31.2 Å². The maximum atomic E-state index is 12.9. The molecule has 230 valence electrons. The van der Waals surface area contributed by atoms with Gasteiger partial charge >= 0.3 is 11.9 Å². The lowest BCUT2D eigenvalue weighted by molar-refractivity contribution is -0.310. The molecule has 0 bridgehead atoms. The van der Waals surface area contributed by atoms with E-state index < -0.39 is 11.9 Å². The van der Waals surface area contributed by atoms with Crippen LogP contribution in [0.3, 0.4) is 0 Å². The Morgan fingerprint density at radius 3 is 1.68 bits per heavy atom. The highest BCUT2D eigenvalue weighted by Gasteiger charge is 2.51. The van der Waals surface area contributed by atoms with Crippen LogP contribution in [-0.2, 0) is 9.68 Å². The van der Waals surface area contributed by atoms with Crippen molar-refractivity contribution in [3.05, 3.63) is 34.4 Å². The van der Waals surface area contributed by atoms with Crippen LogP contribution in [0.25, 0.3) is 0 Å². The summed E-state index contributed by atoms with van der Waals surface area (Å²) >= 11 is 0. The zero-order valence-electron chi connectivity index (χ0n) is 26.7. The lowest BCUT2D eigenvalue weighted by Crippen LogP contribution is -2.61. The van der Waals surface area contributed by atoms with Crippen LogP contribution < -0.4 is 0 Å². The van der Waals surface area contributed by atoms with Gasteiger partial charge in [-0.3, -0.25) is 4.84 Å². The van der Waals surface area contributed by atoms with E-state index >= 15 is 0 Å². The van der Waals surface area contributed by atoms with Gasteiger partial charge in [0.2, 0.25) is 0 Å². The minimum Gasteiger partial charge on any atom is -0.478 e. The third kappa shape index (κ3) is 6.22. The van der Waals surface area contributed by atoms with Crippen molar-refractivity contribution in [2.24, 2.45) is 0 Å². The minimum absolute atomic E-state index is 0.0498. The molecule has 0 unspecified atom stereocenters. The van der Waals surface area contributed by atoms with E-state index in [9.17, 15) is 19.8 Å². The molecule has 0 radical (unpaired) electrons. The Kier molecular flexibility index (Phi) is 8.76. The van der Waals surface area contributed by atoms with Crippen molar-refractivity contribution in [2.75, 3.05) is 7.11 Å². The number of carboxylic acid groups (broad SMARTS) is 2. The number of nitrogens with zero attached hydrogens (tertiary/aromatic N) is 2. The third-order valence-electron chi connectivity index (χ3n) is 9.74. The largest absolute Gasteiger partial charge is 0.478 e. The van der Waals surface area contributed by atoms with Gasteiger partial charge in [0.15, 0.2) is 0 Å². The average Bonchev–Trinajstić information content (AvgIpc) is 2.84. The van der Waals surface area contributed by atoms with Gasteiger partial charge in [-0.2, -0.15) is 10.1 Å². The van der Waals surface area contributed by atoms with Gasteiger partial charge < -0.3 is 15.1 Å². The Morgan fingerprint density at radius 2 is 1.22 bits per heavy atom. The topological polar surface area (TPSA) is 99.5 Å². The van der Waals surface area contributed by atoms with Crippen LogP contribution in [0.15, 0.2) is 12.1 Å². The molecule has 8 heteroatoms. The molecular weight excluding hydrogens is 520 g/mol. The Morgan fingerprint density at radius 1 is 0.732 bits per heavy atom. The normalized spacial score (nSPS) is 25.7. The number of hydroxylamine groups is 4. The second kappa shape index (κ2) is 11.3. The van der Waals surface area contributed by atoms with Crippen molar-refractivity contribution in [3.8, 4) is 0 Å². The maximum absolute atomic E-state index is 12.9. The Balaban J connectivity index is 1.81. The van der Waals surface area contributed by atoms with Crippen molar-refractivity contribution >= 4 is 11.9 Å². The molecule has 1 aromatic carbocycles. The predicted molar refractivity (Wildman–Crippen MR) is 159 cm³/mol. The number of benzene rings is 1. The predicted octanol–water partition coefficient (Wildman–Crippen LogP) is 7.38. The van der Waals surface area contributed by atoms with Crippen LogP contribution in [0, 0.1) is 0 Å². The molecule has 41 heavy (non-hydrogen) atoms. The Labute approximate surface area is 246 Å². The minimum atomic E-state index is -1.21. The van der Waals surface area contributed by atoms with Gasteiger partial charge in [0.25, 0.3) is 0 Å². The SMILES string of the molecule is CON1C(C)(C)CC(c2c(C3CC(C)(C)N(OC4CCCCC4)C(C)(C)C3)ccc(C(=O)O)c2C(=O)O)CC1(C)C. The molecule has 4 rings (SSSR count). The molecule has 2 aliphatic heterocycles. The highest BCUT2D eigenvalue weighted by atomic mass is 16.7. The molecular formula is C33H52N2O6. The number of rotatable bonds is 7. The van der Waals surface area contributed by atoms with E-state index in [4.69, 9.17) is 9.68 Å². The van der Waals surface area contributed by atoms with E-state index in [1.54, 1.807) is 7.11 Å². The van der Waals surface area contributed by atoms with E-state index in [-0.39, 0.29) is 51.2 Å². The number of carboxylic acids is 2. The van der Waals surface area contributed by atoms with Crippen LogP contribution >= 0.6 is 0 Å². The van der Waals surface area contributed by atoms with Crippen molar-refractivity contribution in [2.45, 2.75) is 153 Å². The highest BCUT2D eigenvalue weighted by Crippen LogP contribution is 2.52. The maximum Gasteiger partial charge on any atom is 0.336 e. The molecule has 0 atom stereocenters. The van der Waals surface area contributed by atoms with Gasteiger partial charge in [-0.1, -0.05) is 25.3 Å². The number of piperidine rings is 2. The number of aromatic carboxylic acids is 2. The summed E-state index contributed by atoms with van der Waals surface area (Å²) in [5.74, 6) is -2.48. The summed E-state index contributed by atoms with van der Waals surface area (Å²) in [6, 6.07) is 3.42. The molecule has 0 aromatic heterocycles. The lowest BCUT2D eigenvalue weighted by Gasteiger charge is -2.56. The third-order valence-corrected chi connectivity index (χ3v) is 9.74. The van der Waals surface area contributed by atoms with Crippen LogP contribution in [0.2, 0.25) is 0 Å². The molecule has 2 heterocycles. The van der Waals surface area contributed by atoms with Gasteiger partial charge in [-0.05, 0) is 123 Å². The zero-order valence-corrected chi connectivity index (χ0v) is 26.7. The molecule has 1 saturated carbocycles. The molecule has 3 fully saturated rings. The smallest absolute Gasteiger partial charge is 0.336 e. The Hall–Kier alpha value is -2.00. The second-order valence-corrected chi connectivity index (χ2v) is 15.2. The standard InChI is InChI=1S/C33H52N2O6/c1-30(2)19-22(20-31(3,4)34(30)40-9)26-24(15-16-25(28(36)37)27(26)29(38)39)21-17-32(5,6)35(33(7,8)18-21)41-23-13-11-10-12-14-23/h15-16,21-23H,10-14,17-20H2,1-9H3,(H,36,37)(H,38,39). The number of hydrogen-bond acceptors (Lipinski definition) is 6. The summed E-state index contributed by atoms with van der Waals surface area (Å²) in [5.41, 5.74) is 0.0846. The van der Waals surface area contributed by atoms with E-state index in [0.29, 0.717) is 18.4 Å². The first-order valence-corrected chi connectivity index (χ1v) is 15.4. The average molecular weight is 573 g/mol. The summed E-state index contributed by atoms with van der Waals surface area (Å²) in [7, 11) is 1.68. The fraction of sp³-hybridized carbons (Fsp3) is 0.758. The van der Waals surface area contributed by atoms with Crippen LogP contribution in [0.4, 0.5) is 0 Å². The van der Waals surface area contributed by atoms with Gasteiger partial charge in [-0.15, -0.1) is 0 Å². The first-order chi connectivity index (χ1) is 18.9. The second-order valence-electron chi connectivity index (χ2n) is 15.2. The summed E-state index contributed by atoms with van der Waals surface area (Å²) in [5, 5.41) is 24.8. The van der Waals surface area contributed by atoms with Crippen molar-refractivity contribution < 1.29 is 29.5 Å².